The number of halogens is 2. The molecule has 0 N–H and O–H groups in total. The molecule has 2 unspecified atom stereocenters. The summed E-state index contributed by atoms with van der Waals surface area (Å²) in [7, 11) is 0. The second-order valence-corrected chi connectivity index (χ2v) is 11.5. The van der Waals surface area contributed by atoms with Crippen LogP contribution < -0.4 is 0 Å². The van der Waals surface area contributed by atoms with Crippen LogP contribution in [0.5, 0.6) is 0 Å². The van der Waals surface area contributed by atoms with Crippen LogP contribution >= 0.6 is 31.9 Å². The van der Waals surface area contributed by atoms with Crippen LogP contribution in [0.25, 0.3) is 22.4 Å². The van der Waals surface area contributed by atoms with E-state index in [0.717, 1.165) is 49.3 Å². The Kier molecular flexibility index (Phi) is 6.65. The Morgan fingerprint density at radius 2 is 1.48 bits per heavy atom. The highest BCUT2D eigenvalue weighted by Gasteiger charge is 2.35. The highest BCUT2D eigenvalue weighted by molar-refractivity contribution is 9.10. The summed E-state index contributed by atoms with van der Waals surface area (Å²) in [6, 6.07) is 27.3. The van der Waals surface area contributed by atoms with Gasteiger partial charge in [-0.1, -0.05) is 98.6 Å². The summed E-state index contributed by atoms with van der Waals surface area (Å²) >= 11 is 7.43. The molecule has 4 heterocycles. The van der Waals surface area contributed by atoms with Gasteiger partial charge in [-0.05, 0) is 35.4 Å². The van der Waals surface area contributed by atoms with E-state index in [1.807, 2.05) is 42.9 Å². The van der Waals surface area contributed by atoms with Gasteiger partial charge in [-0.15, -0.1) is 0 Å². The lowest BCUT2D eigenvalue weighted by molar-refractivity contribution is 0.348. The van der Waals surface area contributed by atoms with E-state index in [0.29, 0.717) is 6.54 Å². The number of pyridine rings is 1. The molecule has 5 aromatic rings. The lowest BCUT2D eigenvalue weighted by atomic mass is 10.1. The zero-order valence-electron chi connectivity index (χ0n) is 21.4. The Bertz CT molecular complexity index is 1800. The van der Waals surface area contributed by atoms with Crippen LogP contribution in [0.1, 0.15) is 16.7 Å². The summed E-state index contributed by atoms with van der Waals surface area (Å²) in [5, 5.41) is 0. The maximum Gasteiger partial charge on any atom is 0.165 e. The summed E-state index contributed by atoms with van der Waals surface area (Å²) < 4.78 is 4.43. The van der Waals surface area contributed by atoms with Gasteiger partial charge in [0.05, 0.1) is 24.3 Å². The van der Waals surface area contributed by atoms with Crippen LogP contribution in [0, 0.1) is 0 Å². The molecule has 0 fully saturated rings. The molecule has 3 aromatic carbocycles. The summed E-state index contributed by atoms with van der Waals surface area (Å²) in [6.45, 7) is 1.43. The molecular weight excluding hydrogens is 628 g/mol. The molecule has 0 aliphatic carbocycles. The molecule has 2 aromatic heterocycles. The third kappa shape index (κ3) is 4.61. The Balaban J connectivity index is 1.25. The molecule has 0 saturated carbocycles. The maximum absolute atomic E-state index is 5.05. The largest absolute Gasteiger partial charge is 0.341 e. The number of nitrogens with zero attached hydrogens (tertiary/aromatic N) is 6. The van der Waals surface area contributed by atoms with E-state index >= 15 is 0 Å². The molecule has 40 heavy (non-hydrogen) atoms. The average molecular weight is 652 g/mol. The van der Waals surface area contributed by atoms with Gasteiger partial charge in [0.2, 0.25) is 0 Å². The van der Waals surface area contributed by atoms with Crippen LogP contribution in [-0.4, -0.2) is 43.7 Å². The maximum atomic E-state index is 5.05. The van der Waals surface area contributed by atoms with Crippen molar-refractivity contribution in [2.75, 3.05) is 0 Å². The fourth-order valence-electron chi connectivity index (χ4n) is 5.36. The van der Waals surface area contributed by atoms with E-state index in [2.05, 4.69) is 118 Å². The van der Waals surface area contributed by atoms with Crippen LogP contribution in [0.4, 0.5) is 0 Å². The number of benzene rings is 3. The summed E-state index contributed by atoms with van der Waals surface area (Å²) in [5.74, 6) is 1.86. The number of rotatable bonds is 6. The standard InChI is InChI=1S/C32H24Br2N6/c33-25-8-3-1-6-23(25)19-39-28-15-17-35-18-27(28)37-31(39)21-11-13-22(14-12-21)32-38-30-29(10-5-16-36-30)40(32)20-24-7-2-4-9-26(24)34/h1-18,29-30H,19-20H2. The minimum atomic E-state index is -0.136. The lowest BCUT2D eigenvalue weighted by Gasteiger charge is -2.29. The van der Waals surface area contributed by atoms with Crippen molar-refractivity contribution in [1.29, 1.82) is 0 Å². The number of hydrogen-bond acceptors (Lipinski definition) is 5. The van der Waals surface area contributed by atoms with Crippen molar-refractivity contribution in [3.05, 3.63) is 129 Å². The third-order valence-electron chi connectivity index (χ3n) is 7.36. The number of aliphatic imine (C=N–C) groups is 2. The van der Waals surface area contributed by atoms with Crippen molar-refractivity contribution < 1.29 is 0 Å². The molecule has 0 bridgehead atoms. The number of dihydropyridines is 1. The predicted octanol–water partition coefficient (Wildman–Crippen LogP) is 7.27. The summed E-state index contributed by atoms with van der Waals surface area (Å²) in [5.41, 5.74) is 6.43. The van der Waals surface area contributed by atoms with Gasteiger partial charge in [0.15, 0.2) is 6.17 Å². The van der Waals surface area contributed by atoms with E-state index in [-0.39, 0.29) is 12.2 Å². The van der Waals surface area contributed by atoms with Gasteiger partial charge in [-0.2, -0.15) is 0 Å². The number of hydrogen-bond donors (Lipinski definition) is 0. The second-order valence-electron chi connectivity index (χ2n) is 9.81. The molecule has 0 saturated heterocycles. The first-order valence-corrected chi connectivity index (χ1v) is 14.7. The summed E-state index contributed by atoms with van der Waals surface area (Å²) in [6.07, 6.45) is 9.56. The van der Waals surface area contributed by atoms with Crippen molar-refractivity contribution in [3.63, 3.8) is 0 Å². The number of imidazole rings is 1. The van der Waals surface area contributed by atoms with Crippen molar-refractivity contribution in [3.8, 4) is 11.4 Å². The Hall–Kier alpha value is -3.88. The minimum absolute atomic E-state index is 0.0906. The number of allylic oxidation sites excluding steroid dienone is 1. The molecule has 8 heteroatoms. The minimum Gasteiger partial charge on any atom is -0.341 e. The molecule has 6 nitrogen and oxygen atoms in total. The van der Waals surface area contributed by atoms with Gasteiger partial charge in [0, 0.05) is 39.0 Å². The zero-order chi connectivity index (χ0) is 27.1. The van der Waals surface area contributed by atoms with Crippen molar-refractivity contribution in [2.45, 2.75) is 25.3 Å². The summed E-state index contributed by atoms with van der Waals surface area (Å²) in [4.78, 5) is 21.3. The second kappa shape index (κ2) is 10.6. The van der Waals surface area contributed by atoms with Gasteiger partial charge < -0.3 is 9.47 Å². The van der Waals surface area contributed by atoms with Gasteiger partial charge in [0.25, 0.3) is 0 Å². The fourth-order valence-corrected chi connectivity index (χ4v) is 6.18. The number of aromatic nitrogens is 3. The van der Waals surface area contributed by atoms with E-state index < -0.39 is 0 Å². The van der Waals surface area contributed by atoms with E-state index in [1.165, 1.54) is 11.1 Å². The molecular formula is C32H24Br2N6. The molecule has 0 radical (unpaired) electrons. The number of fused-ring (bicyclic) bond motifs is 2. The number of amidine groups is 1. The normalized spacial score (nSPS) is 17.9. The average Bonchev–Trinajstić information content (AvgIpc) is 3.54. The van der Waals surface area contributed by atoms with Crippen molar-refractivity contribution >= 4 is 54.9 Å². The third-order valence-corrected chi connectivity index (χ3v) is 8.91. The van der Waals surface area contributed by atoms with Gasteiger partial charge >= 0.3 is 0 Å². The smallest absolute Gasteiger partial charge is 0.165 e. The lowest BCUT2D eigenvalue weighted by Crippen LogP contribution is -2.38. The molecule has 2 aliphatic rings. The van der Waals surface area contributed by atoms with E-state index in [4.69, 9.17) is 9.98 Å². The van der Waals surface area contributed by atoms with E-state index in [9.17, 15) is 0 Å². The molecule has 2 aliphatic heterocycles. The van der Waals surface area contributed by atoms with Gasteiger partial charge in [-0.25, -0.2) is 9.98 Å². The monoisotopic (exact) mass is 650 g/mol. The fraction of sp³-hybridized carbons (Fsp3) is 0.125. The van der Waals surface area contributed by atoms with Crippen LogP contribution in [-0.2, 0) is 13.1 Å². The van der Waals surface area contributed by atoms with E-state index in [1.54, 1.807) is 0 Å². The SMILES string of the molecule is Brc1ccccc1CN1C(c2ccc(-c3nc4cnccc4n3Cc3ccccc3Br)cc2)=NC2N=CC=CC21. The molecule has 0 spiro atoms. The first-order valence-electron chi connectivity index (χ1n) is 13.1. The van der Waals surface area contributed by atoms with Crippen molar-refractivity contribution in [1.82, 2.24) is 19.4 Å². The zero-order valence-corrected chi connectivity index (χ0v) is 24.6. The van der Waals surface area contributed by atoms with Crippen LogP contribution in [0.15, 0.2) is 122 Å². The van der Waals surface area contributed by atoms with Crippen LogP contribution in [0.3, 0.4) is 0 Å². The Morgan fingerprint density at radius 1 is 0.775 bits per heavy atom. The quantitative estimate of drug-likeness (QED) is 0.194. The molecule has 2 atom stereocenters. The van der Waals surface area contributed by atoms with Crippen LogP contribution in [0.2, 0.25) is 0 Å². The predicted molar refractivity (Wildman–Crippen MR) is 168 cm³/mol. The highest BCUT2D eigenvalue weighted by Crippen LogP contribution is 2.31. The van der Waals surface area contributed by atoms with Gasteiger partial charge in [0.1, 0.15) is 17.2 Å². The Morgan fingerprint density at radius 3 is 2.23 bits per heavy atom. The molecule has 0 amide bonds. The first kappa shape index (κ1) is 25.1. The molecule has 196 valence electrons. The van der Waals surface area contributed by atoms with Gasteiger partial charge in [-0.3, -0.25) is 9.98 Å². The Labute approximate surface area is 249 Å². The highest BCUT2D eigenvalue weighted by atomic mass is 79.9. The first-order chi connectivity index (χ1) is 19.7. The molecule has 7 rings (SSSR count). The van der Waals surface area contributed by atoms with Crippen molar-refractivity contribution in [2.24, 2.45) is 9.98 Å². The topological polar surface area (TPSA) is 58.7 Å².